The monoisotopic (exact) mass is 195 g/mol. The Morgan fingerprint density at radius 1 is 1.43 bits per heavy atom. The van der Waals surface area contributed by atoms with Crippen LogP contribution in [0, 0.1) is 5.82 Å². The summed E-state index contributed by atoms with van der Waals surface area (Å²) < 4.78 is 12.7. The highest BCUT2D eigenvalue weighted by atomic mass is 19.1. The second-order valence-corrected chi connectivity index (χ2v) is 3.94. The van der Waals surface area contributed by atoms with Crippen LogP contribution in [0.2, 0.25) is 0 Å². The van der Waals surface area contributed by atoms with Crippen LogP contribution in [0.3, 0.4) is 0 Å². The van der Waals surface area contributed by atoms with Gasteiger partial charge in [-0.15, -0.1) is 0 Å². The molecule has 0 radical (unpaired) electrons. The molecule has 1 fully saturated rings. The first-order valence-corrected chi connectivity index (χ1v) is 4.82. The van der Waals surface area contributed by atoms with Crippen molar-refractivity contribution in [3.8, 4) is 0 Å². The number of nitrogens with one attached hydrogen (secondary N) is 1. The van der Waals surface area contributed by atoms with Gasteiger partial charge < -0.3 is 10.4 Å². The van der Waals surface area contributed by atoms with E-state index in [0.717, 1.165) is 18.5 Å². The maximum absolute atomic E-state index is 12.7. The molecule has 14 heavy (non-hydrogen) atoms. The molecule has 0 bridgehead atoms. The molecular weight excluding hydrogens is 181 g/mol. The van der Waals surface area contributed by atoms with E-state index in [1.54, 1.807) is 12.1 Å². The van der Waals surface area contributed by atoms with Gasteiger partial charge in [-0.1, -0.05) is 12.1 Å². The van der Waals surface area contributed by atoms with Crippen LogP contribution >= 0.6 is 0 Å². The number of hydrogen-bond acceptors (Lipinski definition) is 2. The van der Waals surface area contributed by atoms with E-state index in [1.807, 2.05) is 6.92 Å². The molecule has 0 spiro atoms. The highest BCUT2D eigenvalue weighted by molar-refractivity contribution is 5.27. The van der Waals surface area contributed by atoms with Crippen LogP contribution in [-0.4, -0.2) is 17.8 Å². The Morgan fingerprint density at radius 3 is 2.57 bits per heavy atom. The predicted molar refractivity (Wildman–Crippen MR) is 52.4 cm³/mol. The van der Waals surface area contributed by atoms with Crippen LogP contribution in [0.25, 0.3) is 0 Å². The van der Waals surface area contributed by atoms with Crippen molar-refractivity contribution >= 4 is 0 Å². The number of halogens is 1. The van der Waals surface area contributed by atoms with E-state index in [2.05, 4.69) is 5.32 Å². The fraction of sp³-hybridized carbons (Fsp3) is 0.455. The second-order valence-electron chi connectivity index (χ2n) is 3.94. The molecule has 2 atom stereocenters. The van der Waals surface area contributed by atoms with E-state index in [1.165, 1.54) is 12.1 Å². The molecule has 0 aromatic heterocycles. The quantitative estimate of drug-likeness (QED) is 0.710. The van der Waals surface area contributed by atoms with Gasteiger partial charge in [0.1, 0.15) is 5.82 Å². The summed E-state index contributed by atoms with van der Waals surface area (Å²) in [5.41, 5.74) is 0.511. The number of aliphatic hydroxyl groups excluding tert-OH is 1. The Balaban J connectivity index is 2.34. The molecule has 76 valence electrons. The topological polar surface area (TPSA) is 32.3 Å². The van der Waals surface area contributed by atoms with Crippen molar-refractivity contribution in [2.45, 2.75) is 25.0 Å². The summed E-state index contributed by atoms with van der Waals surface area (Å²) in [6, 6.07) is 6.29. The lowest BCUT2D eigenvalue weighted by Crippen LogP contribution is -2.41. The van der Waals surface area contributed by atoms with Gasteiger partial charge in [0.2, 0.25) is 0 Å². The Labute approximate surface area is 82.8 Å². The van der Waals surface area contributed by atoms with Gasteiger partial charge in [-0.2, -0.15) is 0 Å². The highest BCUT2D eigenvalue weighted by Crippen LogP contribution is 2.30. The molecule has 1 aliphatic rings. The number of rotatable bonds is 1. The van der Waals surface area contributed by atoms with Gasteiger partial charge in [0.15, 0.2) is 0 Å². The molecule has 2 rings (SSSR count). The third kappa shape index (κ3) is 1.42. The molecule has 2 nitrogen and oxygen atoms in total. The van der Waals surface area contributed by atoms with Gasteiger partial charge in [-0.3, -0.25) is 0 Å². The Morgan fingerprint density at radius 2 is 2.07 bits per heavy atom. The van der Waals surface area contributed by atoms with Crippen LogP contribution in [0.4, 0.5) is 4.39 Å². The fourth-order valence-corrected chi connectivity index (χ4v) is 1.97. The first-order chi connectivity index (χ1) is 6.63. The minimum atomic E-state index is -0.423. The van der Waals surface area contributed by atoms with Crippen molar-refractivity contribution in [2.75, 3.05) is 6.54 Å². The number of aliphatic hydroxyl groups is 1. The van der Waals surface area contributed by atoms with Crippen molar-refractivity contribution in [3.05, 3.63) is 35.6 Å². The summed E-state index contributed by atoms with van der Waals surface area (Å²) in [5.74, 6) is -0.246. The fourth-order valence-electron chi connectivity index (χ4n) is 1.97. The Kier molecular flexibility index (Phi) is 2.29. The van der Waals surface area contributed by atoms with E-state index in [9.17, 15) is 9.50 Å². The van der Waals surface area contributed by atoms with Crippen LogP contribution in [-0.2, 0) is 5.54 Å². The molecule has 2 unspecified atom stereocenters. The SMILES string of the molecule is CC1(c2ccc(F)cc2)NCCC1O. The summed E-state index contributed by atoms with van der Waals surface area (Å²) in [5, 5.41) is 13.1. The van der Waals surface area contributed by atoms with Gasteiger partial charge in [-0.05, 0) is 37.6 Å². The van der Waals surface area contributed by atoms with E-state index in [0.29, 0.717) is 0 Å². The summed E-state index contributed by atoms with van der Waals surface area (Å²) in [6.45, 7) is 2.74. The van der Waals surface area contributed by atoms with Crippen molar-refractivity contribution in [1.82, 2.24) is 5.32 Å². The van der Waals surface area contributed by atoms with Crippen LogP contribution in [0.15, 0.2) is 24.3 Å². The van der Waals surface area contributed by atoms with Gasteiger partial charge in [-0.25, -0.2) is 4.39 Å². The minimum absolute atomic E-state index is 0.246. The van der Waals surface area contributed by atoms with Crippen LogP contribution < -0.4 is 5.32 Å². The average molecular weight is 195 g/mol. The van der Waals surface area contributed by atoms with Crippen LogP contribution in [0.5, 0.6) is 0 Å². The van der Waals surface area contributed by atoms with Crippen molar-refractivity contribution in [1.29, 1.82) is 0 Å². The smallest absolute Gasteiger partial charge is 0.123 e. The lowest BCUT2D eigenvalue weighted by atomic mass is 9.88. The van der Waals surface area contributed by atoms with Gasteiger partial charge in [0.25, 0.3) is 0 Å². The average Bonchev–Trinajstić information content (AvgIpc) is 2.49. The lowest BCUT2D eigenvalue weighted by Gasteiger charge is -2.28. The zero-order chi connectivity index (χ0) is 10.2. The number of benzene rings is 1. The summed E-state index contributed by atoms with van der Waals surface area (Å²) in [7, 11) is 0. The summed E-state index contributed by atoms with van der Waals surface area (Å²) in [6.07, 6.45) is 0.349. The molecule has 0 aliphatic carbocycles. The van der Waals surface area contributed by atoms with Crippen molar-refractivity contribution in [3.63, 3.8) is 0 Å². The molecular formula is C11H14FNO. The molecule has 1 aliphatic heterocycles. The summed E-state index contributed by atoms with van der Waals surface area (Å²) >= 11 is 0. The minimum Gasteiger partial charge on any atom is -0.391 e. The second kappa shape index (κ2) is 3.33. The first-order valence-electron chi connectivity index (χ1n) is 4.82. The molecule has 0 saturated carbocycles. The maximum Gasteiger partial charge on any atom is 0.123 e. The molecule has 2 N–H and O–H groups in total. The van der Waals surface area contributed by atoms with Gasteiger partial charge in [0, 0.05) is 0 Å². The van der Waals surface area contributed by atoms with Gasteiger partial charge >= 0.3 is 0 Å². The van der Waals surface area contributed by atoms with E-state index in [-0.39, 0.29) is 5.82 Å². The standard InChI is InChI=1S/C11H14FNO/c1-11(10(14)6-7-13-11)8-2-4-9(12)5-3-8/h2-5,10,13-14H,6-7H2,1H3. The first kappa shape index (κ1) is 9.62. The van der Waals surface area contributed by atoms with Crippen molar-refractivity contribution < 1.29 is 9.50 Å². The van der Waals surface area contributed by atoms with Crippen LogP contribution in [0.1, 0.15) is 18.9 Å². The molecule has 1 aromatic carbocycles. The van der Waals surface area contributed by atoms with E-state index in [4.69, 9.17) is 0 Å². The molecule has 3 heteroatoms. The third-order valence-corrected chi connectivity index (χ3v) is 3.02. The largest absolute Gasteiger partial charge is 0.391 e. The van der Waals surface area contributed by atoms with E-state index >= 15 is 0 Å². The van der Waals surface area contributed by atoms with E-state index < -0.39 is 11.6 Å². The normalized spacial score (nSPS) is 32.1. The van der Waals surface area contributed by atoms with Crippen molar-refractivity contribution in [2.24, 2.45) is 0 Å². The van der Waals surface area contributed by atoms with Gasteiger partial charge in [0.05, 0.1) is 11.6 Å². The predicted octanol–water partition coefficient (Wildman–Crippen LogP) is 1.40. The Hall–Kier alpha value is -0.930. The lowest BCUT2D eigenvalue weighted by molar-refractivity contribution is 0.107. The summed E-state index contributed by atoms with van der Waals surface area (Å²) in [4.78, 5) is 0. The molecule has 1 saturated heterocycles. The molecule has 1 heterocycles. The highest BCUT2D eigenvalue weighted by Gasteiger charge is 2.38. The number of hydrogen-bond donors (Lipinski definition) is 2. The zero-order valence-corrected chi connectivity index (χ0v) is 8.13. The third-order valence-electron chi connectivity index (χ3n) is 3.02. The zero-order valence-electron chi connectivity index (χ0n) is 8.13. The Bertz CT molecular complexity index is 325. The maximum atomic E-state index is 12.7. The molecule has 0 amide bonds. The molecule has 1 aromatic rings.